The summed E-state index contributed by atoms with van der Waals surface area (Å²) in [5, 5.41) is 0. The summed E-state index contributed by atoms with van der Waals surface area (Å²) in [6.07, 6.45) is 4.43. The number of rotatable bonds is 7. The van der Waals surface area contributed by atoms with Crippen molar-refractivity contribution in [3.8, 4) is 11.1 Å². The van der Waals surface area contributed by atoms with E-state index in [1.807, 2.05) is 30.3 Å². The molecule has 1 aliphatic carbocycles. The topological polar surface area (TPSA) is 0 Å². The Kier molecular flexibility index (Phi) is 16.4. The summed E-state index contributed by atoms with van der Waals surface area (Å²) in [6.45, 7) is 11.4. The van der Waals surface area contributed by atoms with Crippen LogP contribution in [0.3, 0.4) is 0 Å². The second-order valence-corrected chi connectivity index (χ2v) is 13.7. The van der Waals surface area contributed by atoms with Crippen molar-refractivity contribution in [2.75, 3.05) is 0 Å². The Balaban J connectivity index is 0.000000260. The molecule has 0 N–H and O–H groups in total. The Bertz CT molecular complexity index is 1480. The Morgan fingerprint density at radius 1 is 0.727 bits per heavy atom. The van der Waals surface area contributed by atoms with E-state index in [4.69, 9.17) is 0 Å². The van der Waals surface area contributed by atoms with E-state index >= 15 is 0 Å². The Hall–Kier alpha value is -2.44. The normalized spacial score (nSPS) is 11.4. The molecule has 0 nitrogen and oxygen atoms in total. The molecule has 5 aromatic rings. The van der Waals surface area contributed by atoms with E-state index in [0.717, 1.165) is 31.6 Å². The van der Waals surface area contributed by atoms with Gasteiger partial charge in [0.25, 0.3) is 0 Å². The van der Waals surface area contributed by atoms with E-state index in [0.29, 0.717) is 5.92 Å². The maximum absolute atomic E-state index is 3.70. The summed E-state index contributed by atoms with van der Waals surface area (Å²) in [4.78, 5) is 0. The van der Waals surface area contributed by atoms with Crippen molar-refractivity contribution in [3.63, 3.8) is 0 Å². The predicted molar refractivity (Wildman–Crippen MR) is 178 cm³/mol. The molecule has 1 unspecified atom stereocenters. The molecular weight excluding hydrogens is 655 g/mol. The van der Waals surface area contributed by atoms with Crippen LogP contribution in [0.5, 0.6) is 0 Å². The Morgan fingerprint density at radius 3 is 1.77 bits per heavy atom. The summed E-state index contributed by atoms with van der Waals surface area (Å²) in [6, 6.07) is 44.4. The van der Waals surface area contributed by atoms with Crippen molar-refractivity contribution in [1.82, 2.24) is 0 Å². The van der Waals surface area contributed by atoms with Crippen LogP contribution in [0, 0.1) is 31.7 Å². The first-order chi connectivity index (χ1) is 20.3. The first-order valence-corrected chi connectivity index (χ1v) is 16.5. The fourth-order valence-electron chi connectivity index (χ4n) is 5.21. The van der Waals surface area contributed by atoms with Gasteiger partial charge in [-0.05, 0) is 55.2 Å². The Morgan fingerprint density at radius 2 is 1.27 bits per heavy atom. The summed E-state index contributed by atoms with van der Waals surface area (Å²) < 4.78 is 1.60. The molecule has 0 fully saturated rings. The van der Waals surface area contributed by atoms with Gasteiger partial charge in [0.05, 0.1) is 0 Å². The second-order valence-electron chi connectivity index (χ2n) is 12.0. The van der Waals surface area contributed by atoms with Crippen molar-refractivity contribution in [3.05, 3.63) is 160 Å². The fourth-order valence-corrected chi connectivity index (χ4v) is 6.22. The number of benzene rings is 4. The van der Waals surface area contributed by atoms with E-state index in [1.165, 1.54) is 50.1 Å². The van der Waals surface area contributed by atoms with Gasteiger partial charge in [0.1, 0.15) is 0 Å². The van der Waals surface area contributed by atoms with E-state index < -0.39 is 0 Å². The first kappa shape index (κ1) is 37.7. The number of hydrogen-bond acceptors (Lipinski definition) is 0. The van der Waals surface area contributed by atoms with Gasteiger partial charge in [-0.1, -0.05) is 38.5 Å². The minimum atomic E-state index is 0. The molecule has 0 saturated heterocycles. The zero-order valence-electron chi connectivity index (χ0n) is 26.7. The number of fused-ring (bicyclic) bond motifs is 3. The summed E-state index contributed by atoms with van der Waals surface area (Å²) in [5.41, 5.74) is 12.7. The maximum atomic E-state index is 3.70. The zero-order chi connectivity index (χ0) is 29.9. The third kappa shape index (κ3) is 11.5. The van der Waals surface area contributed by atoms with Crippen molar-refractivity contribution in [2.24, 2.45) is 11.8 Å². The molecule has 0 amide bonds. The predicted octanol–water partition coefficient (Wildman–Crippen LogP) is 4.11. The van der Waals surface area contributed by atoms with E-state index in [9.17, 15) is 0 Å². The van der Waals surface area contributed by atoms with Gasteiger partial charge in [0.15, 0.2) is 0 Å². The van der Waals surface area contributed by atoms with Gasteiger partial charge in [-0.25, -0.2) is 12.1 Å². The largest absolute Gasteiger partial charge is 0.214 e. The van der Waals surface area contributed by atoms with Crippen LogP contribution in [0.4, 0.5) is 0 Å². The van der Waals surface area contributed by atoms with E-state index in [1.54, 1.807) is 27.4 Å². The van der Waals surface area contributed by atoms with Crippen LogP contribution in [0.1, 0.15) is 59.7 Å². The Labute approximate surface area is 293 Å². The molecule has 0 spiro atoms. The van der Waals surface area contributed by atoms with E-state index in [-0.39, 0.29) is 24.8 Å². The van der Waals surface area contributed by atoms with Gasteiger partial charge >= 0.3 is 112 Å². The van der Waals surface area contributed by atoms with Gasteiger partial charge in [-0.3, -0.25) is 0 Å². The molecule has 5 aromatic carbocycles. The molecule has 1 atom stereocenters. The minimum absolute atomic E-state index is 0. The average molecular weight is 699 g/mol. The third-order valence-electron chi connectivity index (χ3n) is 8.22. The van der Waals surface area contributed by atoms with Crippen LogP contribution in [0.15, 0.2) is 115 Å². The smallest absolute Gasteiger partial charge is 0.172 e. The molecule has 0 bridgehead atoms. The molecule has 6 rings (SSSR count). The molecule has 228 valence electrons. The maximum Gasteiger partial charge on any atom is -0.172 e. The van der Waals surface area contributed by atoms with Gasteiger partial charge in [-0.2, -0.15) is 42.0 Å². The van der Waals surface area contributed by atoms with Gasteiger partial charge in [0.2, 0.25) is 0 Å². The molecule has 0 heterocycles. The van der Waals surface area contributed by atoms with Crippen molar-refractivity contribution in [2.45, 2.75) is 60.3 Å². The molecule has 0 radical (unpaired) electrons. The number of halogens is 2. The van der Waals surface area contributed by atoms with Crippen LogP contribution < -0.4 is 24.8 Å². The van der Waals surface area contributed by atoms with Crippen molar-refractivity contribution >= 4 is 3.21 Å². The fraction of sp³-hybridized carbons (Fsp3) is 0.268. The van der Waals surface area contributed by atoms with Gasteiger partial charge < -0.3 is 24.8 Å². The van der Waals surface area contributed by atoms with Crippen LogP contribution in [-0.2, 0) is 49.9 Å². The van der Waals surface area contributed by atoms with Crippen LogP contribution in [0.2, 0.25) is 0 Å². The number of aryl methyl sites for hydroxylation is 2. The minimum Gasteiger partial charge on any atom is -0.214 e. The molecule has 0 saturated carbocycles. The summed E-state index contributed by atoms with van der Waals surface area (Å²) in [5.74, 6) is 1.45. The van der Waals surface area contributed by atoms with Crippen molar-refractivity contribution < 1.29 is 49.0 Å². The number of hydrogen-bond donors (Lipinski definition) is 0. The van der Waals surface area contributed by atoms with Gasteiger partial charge in [-0.15, -0.1) is 11.1 Å². The molecule has 0 aromatic heterocycles. The molecule has 1 aliphatic rings. The van der Waals surface area contributed by atoms with Crippen LogP contribution >= 0.6 is 0 Å². The SMILES string of the molecule is Cc1cc2c(cc1C)-c1ccc(CC(C)C(C)C)[c-]c1C2.[Cl-].[Cl-].[Zr+2]=[C](Cc1ccccc1)Cc1ccccc1.c1cc[cH-]c1. The van der Waals surface area contributed by atoms with Crippen LogP contribution in [-0.4, -0.2) is 3.21 Å². The first-order valence-electron chi connectivity index (χ1n) is 15.3. The van der Waals surface area contributed by atoms with Crippen LogP contribution in [0.25, 0.3) is 11.1 Å². The van der Waals surface area contributed by atoms with Crippen molar-refractivity contribution in [1.29, 1.82) is 0 Å². The molecule has 44 heavy (non-hydrogen) atoms. The molecular formula is C41H44Cl2Zr-2. The standard InChI is InChI=1S/C21H25.C15H14.C5H5.2ClH.Zr/c1-13(2)14(3)8-17-6-7-20-19(11-17)12-18-9-15(4)16(5)10-21(18)20;1-3-8-14(9-4-1)12-7-13-15-10-5-2-6-11-15;1-2-4-5-3-1;;;/h6-7,9-10,13-14H,8,12H2,1-5H3;1-6,8-11H,12-13H2;1-5H;2*1H;/q-1;;-1;;;+2/p-2. The third-order valence-corrected chi connectivity index (χ3v) is 9.09. The summed E-state index contributed by atoms with van der Waals surface area (Å²) in [7, 11) is 0. The molecule has 0 aliphatic heterocycles. The summed E-state index contributed by atoms with van der Waals surface area (Å²) >= 11 is 1.55. The quantitative estimate of drug-likeness (QED) is 0.221. The second kappa shape index (κ2) is 19.2. The zero-order valence-corrected chi connectivity index (χ0v) is 30.7. The molecule has 3 heteroatoms. The van der Waals surface area contributed by atoms with Gasteiger partial charge in [0, 0.05) is 0 Å². The van der Waals surface area contributed by atoms with E-state index in [2.05, 4.69) is 126 Å². The monoisotopic (exact) mass is 696 g/mol. The average Bonchev–Trinajstić information content (AvgIpc) is 3.67.